The van der Waals surface area contributed by atoms with E-state index in [9.17, 15) is 9.59 Å². The first-order chi connectivity index (χ1) is 12.0. The van der Waals surface area contributed by atoms with Crippen molar-refractivity contribution in [3.8, 4) is 11.4 Å². The van der Waals surface area contributed by atoms with E-state index in [1.54, 1.807) is 25.1 Å². The molecule has 6 nitrogen and oxygen atoms in total. The van der Waals surface area contributed by atoms with Gasteiger partial charge < -0.3 is 14.5 Å². The Morgan fingerprint density at radius 3 is 2.80 bits per heavy atom. The molecule has 0 aliphatic rings. The summed E-state index contributed by atoms with van der Waals surface area (Å²) in [5.41, 5.74) is 0.866. The van der Waals surface area contributed by atoms with E-state index in [0.717, 1.165) is 11.3 Å². The Labute approximate surface area is 152 Å². The number of aromatic nitrogens is 2. The number of esters is 1. The van der Waals surface area contributed by atoms with Gasteiger partial charge in [0.05, 0.1) is 17.0 Å². The van der Waals surface area contributed by atoms with E-state index in [-0.39, 0.29) is 12.2 Å². The molecule has 2 aromatic heterocycles. The molecule has 130 valence electrons. The van der Waals surface area contributed by atoms with Crippen LogP contribution in [-0.4, -0.2) is 36.3 Å². The molecule has 0 saturated heterocycles. The molecule has 0 atom stereocenters. The molecule has 3 aromatic rings. The first-order valence-corrected chi connectivity index (χ1v) is 8.66. The number of ether oxygens (including phenoxy) is 2. The van der Waals surface area contributed by atoms with Gasteiger partial charge in [0.15, 0.2) is 0 Å². The lowest BCUT2D eigenvalue weighted by atomic mass is 10.2. The molecule has 25 heavy (non-hydrogen) atoms. The largest absolute Gasteiger partial charge is 0.459 e. The zero-order chi connectivity index (χ0) is 18.0. The highest BCUT2D eigenvalue weighted by Gasteiger charge is 2.21. The minimum absolute atomic E-state index is 0.150. The van der Waals surface area contributed by atoms with Crippen LogP contribution in [0.15, 0.2) is 29.1 Å². The van der Waals surface area contributed by atoms with Crippen molar-refractivity contribution in [1.82, 2.24) is 9.97 Å². The standard InChI is InChI=1S/C17H15ClN2O4S/c1-9-12-15(21)19-14(10-5-3-4-6-11(10)18)20-16(12)25-13(9)17(22)24-8-7-23-2/h3-6H,7-8H2,1-2H3,(H,19,20,21). The summed E-state index contributed by atoms with van der Waals surface area (Å²) < 4.78 is 10.00. The van der Waals surface area contributed by atoms with Crippen LogP contribution < -0.4 is 5.56 Å². The van der Waals surface area contributed by atoms with Crippen LogP contribution in [0.4, 0.5) is 0 Å². The molecular formula is C17H15ClN2O4S. The van der Waals surface area contributed by atoms with E-state index in [1.165, 1.54) is 7.11 Å². The Balaban J connectivity index is 2.06. The molecule has 0 spiro atoms. The van der Waals surface area contributed by atoms with Crippen LogP contribution in [0.3, 0.4) is 0 Å². The molecular weight excluding hydrogens is 364 g/mol. The van der Waals surface area contributed by atoms with Crippen molar-refractivity contribution in [1.29, 1.82) is 0 Å². The maximum atomic E-state index is 12.5. The molecule has 2 heterocycles. The zero-order valence-corrected chi connectivity index (χ0v) is 15.2. The number of nitrogens with one attached hydrogen (secondary N) is 1. The first-order valence-electron chi connectivity index (χ1n) is 7.47. The fourth-order valence-electron chi connectivity index (χ4n) is 2.40. The Morgan fingerprint density at radius 2 is 2.08 bits per heavy atom. The molecule has 8 heteroatoms. The van der Waals surface area contributed by atoms with Crippen LogP contribution in [0.5, 0.6) is 0 Å². The quantitative estimate of drug-likeness (QED) is 0.543. The highest BCUT2D eigenvalue weighted by atomic mass is 35.5. The molecule has 1 N–H and O–H groups in total. The van der Waals surface area contributed by atoms with Gasteiger partial charge in [-0.2, -0.15) is 0 Å². The minimum Gasteiger partial charge on any atom is -0.459 e. The van der Waals surface area contributed by atoms with Gasteiger partial charge in [-0.15, -0.1) is 11.3 Å². The predicted molar refractivity (Wildman–Crippen MR) is 97.6 cm³/mol. The second-order valence-corrected chi connectivity index (χ2v) is 6.67. The molecule has 0 unspecified atom stereocenters. The summed E-state index contributed by atoms with van der Waals surface area (Å²) in [5, 5.41) is 0.872. The number of rotatable bonds is 5. The van der Waals surface area contributed by atoms with Gasteiger partial charge in [-0.1, -0.05) is 23.7 Å². The monoisotopic (exact) mass is 378 g/mol. The Bertz CT molecular complexity index is 996. The highest BCUT2D eigenvalue weighted by Crippen LogP contribution is 2.30. The van der Waals surface area contributed by atoms with Crippen molar-refractivity contribution in [3.05, 3.63) is 50.1 Å². The molecule has 0 fully saturated rings. The van der Waals surface area contributed by atoms with Crippen molar-refractivity contribution >= 4 is 39.1 Å². The number of nitrogens with zero attached hydrogens (tertiary/aromatic N) is 1. The van der Waals surface area contributed by atoms with Gasteiger partial charge >= 0.3 is 5.97 Å². The second kappa shape index (κ2) is 7.35. The molecule has 3 rings (SSSR count). The molecule has 0 aliphatic carbocycles. The van der Waals surface area contributed by atoms with Crippen LogP contribution >= 0.6 is 22.9 Å². The van der Waals surface area contributed by atoms with Gasteiger partial charge in [-0.3, -0.25) is 4.79 Å². The van der Waals surface area contributed by atoms with Crippen LogP contribution in [-0.2, 0) is 9.47 Å². The summed E-state index contributed by atoms with van der Waals surface area (Å²) >= 11 is 7.30. The van der Waals surface area contributed by atoms with E-state index in [2.05, 4.69) is 9.97 Å². The third-order valence-electron chi connectivity index (χ3n) is 3.64. The van der Waals surface area contributed by atoms with Crippen LogP contribution in [0, 0.1) is 6.92 Å². The van der Waals surface area contributed by atoms with E-state index in [0.29, 0.717) is 43.7 Å². The summed E-state index contributed by atoms with van der Waals surface area (Å²) in [7, 11) is 1.53. The van der Waals surface area contributed by atoms with Gasteiger partial charge in [0.1, 0.15) is 22.1 Å². The highest BCUT2D eigenvalue weighted by molar-refractivity contribution is 7.20. The van der Waals surface area contributed by atoms with Gasteiger partial charge in [-0.25, -0.2) is 9.78 Å². The lowest BCUT2D eigenvalue weighted by molar-refractivity contribution is 0.0393. The topological polar surface area (TPSA) is 81.3 Å². The third kappa shape index (κ3) is 3.44. The fraction of sp³-hybridized carbons (Fsp3) is 0.235. The average Bonchev–Trinajstić information content (AvgIpc) is 2.92. The number of fused-ring (bicyclic) bond motifs is 1. The molecule has 0 aliphatic heterocycles. The van der Waals surface area contributed by atoms with Gasteiger partial charge in [-0.05, 0) is 24.6 Å². The maximum absolute atomic E-state index is 12.5. The van der Waals surface area contributed by atoms with Crippen LogP contribution in [0.25, 0.3) is 21.6 Å². The van der Waals surface area contributed by atoms with Gasteiger partial charge in [0.2, 0.25) is 0 Å². The number of halogens is 1. The number of hydrogen-bond acceptors (Lipinski definition) is 6. The van der Waals surface area contributed by atoms with Crippen LogP contribution in [0.1, 0.15) is 15.2 Å². The molecule has 0 bridgehead atoms. The van der Waals surface area contributed by atoms with Crippen LogP contribution in [0.2, 0.25) is 5.02 Å². The number of benzene rings is 1. The van der Waals surface area contributed by atoms with Crippen molar-refractivity contribution in [2.75, 3.05) is 20.3 Å². The minimum atomic E-state index is -0.490. The van der Waals surface area contributed by atoms with E-state index < -0.39 is 5.97 Å². The average molecular weight is 379 g/mol. The SMILES string of the molecule is COCCOC(=O)c1sc2nc(-c3ccccc3Cl)[nH]c(=O)c2c1C. The van der Waals surface area contributed by atoms with Crippen molar-refractivity contribution in [3.63, 3.8) is 0 Å². The lowest BCUT2D eigenvalue weighted by Gasteiger charge is -2.03. The van der Waals surface area contributed by atoms with Gasteiger partial charge in [0.25, 0.3) is 5.56 Å². The van der Waals surface area contributed by atoms with Crippen molar-refractivity contribution < 1.29 is 14.3 Å². The van der Waals surface area contributed by atoms with E-state index in [1.807, 2.05) is 6.07 Å². The van der Waals surface area contributed by atoms with E-state index in [4.69, 9.17) is 21.1 Å². The summed E-state index contributed by atoms with van der Waals surface area (Å²) in [6.07, 6.45) is 0. The number of thiophene rings is 1. The number of H-pyrrole nitrogens is 1. The molecule has 0 radical (unpaired) electrons. The Kier molecular flexibility index (Phi) is 5.17. The molecule has 0 saturated carbocycles. The lowest BCUT2D eigenvalue weighted by Crippen LogP contribution is -2.11. The molecule has 0 amide bonds. The first kappa shape index (κ1) is 17.6. The summed E-state index contributed by atoms with van der Waals surface area (Å²) in [6, 6.07) is 7.10. The van der Waals surface area contributed by atoms with Crippen molar-refractivity contribution in [2.24, 2.45) is 0 Å². The number of aryl methyl sites for hydroxylation is 1. The summed E-state index contributed by atoms with van der Waals surface area (Å²) in [6.45, 7) is 2.17. The zero-order valence-electron chi connectivity index (χ0n) is 13.6. The molecule has 1 aromatic carbocycles. The normalized spacial score (nSPS) is 11.0. The predicted octanol–water partition coefficient (Wildman–Crippen LogP) is 3.42. The number of carbonyl (C=O) groups excluding carboxylic acids is 1. The summed E-state index contributed by atoms with van der Waals surface area (Å²) in [5.74, 6) is -0.125. The second-order valence-electron chi connectivity index (χ2n) is 5.26. The Hall–Kier alpha value is -2.22. The fourth-order valence-corrected chi connectivity index (χ4v) is 3.70. The number of hydrogen-bond donors (Lipinski definition) is 1. The number of methoxy groups -OCH3 is 1. The maximum Gasteiger partial charge on any atom is 0.348 e. The smallest absolute Gasteiger partial charge is 0.348 e. The number of aromatic amines is 1. The summed E-state index contributed by atoms with van der Waals surface area (Å²) in [4.78, 5) is 32.7. The third-order valence-corrected chi connectivity index (χ3v) is 5.13. The van der Waals surface area contributed by atoms with Crippen molar-refractivity contribution in [2.45, 2.75) is 6.92 Å². The van der Waals surface area contributed by atoms with E-state index >= 15 is 0 Å². The van der Waals surface area contributed by atoms with Gasteiger partial charge in [0, 0.05) is 12.7 Å². The Morgan fingerprint density at radius 1 is 1.32 bits per heavy atom. The number of carbonyl (C=O) groups is 1.